The third-order valence-corrected chi connectivity index (χ3v) is 7.04. The monoisotopic (exact) mass is 641 g/mol. The van der Waals surface area contributed by atoms with Crippen molar-refractivity contribution in [3.05, 3.63) is 8.25 Å². The van der Waals surface area contributed by atoms with Crippen LogP contribution in [0, 0.1) is 0 Å². The number of halogens is 12. The predicted molar refractivity (Wildman–Crippen MR) is 70.2 cm³/mol. The van der Waals surface area contributed by atoms with Crippen molar-refractivity contribution >= 4 is 40.1 Å². The minimum absolute atomic E-state index is 0. The molecule has 0 aliphatic carbocycles. The first-order valence-electron chi connectivity index (χ1n) is 5.15. The molecule has 1 radical (unpaired) electrons. The number of sulfonamides is 4. The van der Waals surface area contributed by atoms with Crippen LogP contribution < -0.4 is 0 Å². The molecule has 0 aromatic rings. The maximum atomic E-state index is 11.4. The topological polar surface area (TPSA) is 196 Å². The van der Waals surface area contributed by atoms with Crippen LogP contribution in [0.25, 0.3) is 8.25 Å². The summed E-state index contributed by atoms with van der Waals surface area (Å²) >= 11 is 0. The van der Waals surface area contributed by atoms with Gasteiger partial charge in [0.1, 0.15) is 0 Å². The molecule has 0 fully saturated rings. The summed E-state index contributed by atoms with van der Waals surface area (Å²) in [6, 6.07) is 0. The first-order valence-corrected chi connectivity index (χ1v) is 10.9. The normalized spacial score (nSPS) is 14.4. The van der Waals surface area contributed by atoms with Crippen LogP contribution in [0.2, 0.25) is 0 Å². The van der Waals surface area contributed by atoms with Crippen molar-refractivity contribution in [2.45, 2.75) is 22.0 Å². The molecular formula is C4H2CuF12N2O9S4-2. The van der Waals surface area contributed by atoms with Gasteiger partial charge < -0.3 is 13.7 Å². The van der Waals surface area contributed by atoms with E-state index in [2.05, 4.69) is 0 Å². The molecular weight excluding hydrogens is 640 g/mol. The Kier molecular flexibility index (Phi) is 13.0. The Bertz CT molecular complexity index is 864. The molecule has 0 aromatic carbocycles. The quantitative estimate of drug-likeness (QED) is 0.323. The van der Waals surface area contributed by atoms with Crippen LogP contribution in [0.1, 0.15) is 0 Å². The van der Waals surface area contributed by atoms with E-state index in [-0.39, 0.29) is 22.5 Å². The van der Waals surface area contributed by atoms with E-state index in [0.29, 0.717) is 0 Å². The summed E-state index contributed by atoms with van der Waals surface area (Å²) in [6.07, 6.45) is 0. The molecule has 2 N–H and O–H groups in total. The second kappa shape index (κ2) is 10.7. The van der Waals surface area contributed by atoms with Crippen molar-refractivity contribution in [2.24, 2.45) is 0 Å². The van der Waals surface area contributed by atoms with Crippen molar-refractivity contribution in [3.8, 4) is 0 Å². The molecule has 0 spiro atoms. The third kappa shape index (κ3) is 10.5. The van der Waals surface area contributed by atoms with E-state index in [9.17, 15) is 86.4 Å². The number of alkyl halides is 12. The standard InChI is InChI=1S/2C2F6NO4S2.Cu.H2O/c2*3-1(4,5)14(10,11)9-15(12,13)2(6,7)8;;/h;;;1H2/q2*-1;;. The van der Waals surface area contributed by atoms with Gasteiger partial charge in [-0.3, -0.25) is 0 Å². The van der Waals surface area contributed by atoms with Gasteiger partial charge in [0.15, 0.2) is 40.1 Å². The summed E-state index contributed by atoms with van der Waals surface area (Å²) in [5, 5.41) is 0. The van der Waals surface area contributed by atoms with E-state index in [1.165, 1.54) is 0 Å². The average Bonchev–Trinajstić information content (AvgIpc) is 2.30. The molecule has 0 unspecified atom stereocenters. The van der Waals surface area contributed by atoms with Crippen molar-refractivity contribution in [3.63, 3.8) is 0 Å². The van der Waals surface area contributed by atoms with Crippen LogP contribution in [-0.4, -0.2) is 61.2 Å². The fourth-order valence-electron chi connectivity index (χ4n) is 0.427. The summed E-state index contributed by atoms with van der Waals surface area (Å²) in [4.78, 5) is 0. The maximum absolute atomic E-state index is 11.4. The summed E-state index contributed by atoms with van der Waals surface area (Å²) < 4.78 is 218. The Labute approximate surface area is 179 Å². The average molecular weight is 642 g/mol. The van der Waals surface area contributed by atoms with Crippen LogP contribution in [0.5, 0.6) is 0 Å². The molecule has 203 valence electrons. The SMILES string of the molecule is O.O=S(=O)([N-]S(=O)(=O)C(F)(F)F)C(F)(F)F.O=S(=O)([N-]S(=O)(=O)C(F)(F)F)C(F)(F)F.[Cu]. The molecule has 0 rings (SSSR count). The molecule has 11 nitrogen and oxygen atoms in total. The van der Waals surface area contributed by atoms with Crippen molar-refractivity contribution in [2.75, 3.05) is 0 Å². The van der Waals surface area contributed by atoms with Crippen molar-refractivity contribution < 1.29 is 109 Å². The summed E-state index contributed by atoms with van der Waals surface area (Å²) in [5.41, 5.74) is -24.8. The van der Waals surface area contributed by atoms with Crippen LogP contribution in [0.3, 0.4) is 0 Å². The largest absolute Gasteiger partial charge is 0.480 e. The number of hydrogen-bond acceptors (Lipinski definition) is 8. The summed E-state index contributed by atoms with van der Waals surface area (Å²) in [5.74, 6) is 0. The Morgan fingerprint density at radius 3 is 0.531 bits per heavy atom. The van der Waals surface area contributed by atoms with Crippen molar-refractivity contribution in [1.82, 2.24) is 0 Å². The summed E-state index contributed by atoms with van der Waals surface area (Å²) in [6.45, 7) is 0. The van der Waals surface area contributed by atoms with Crippen LogP contribution in [0.4, 0.5) is 52.7 Å². The van der Waals surface area contributed by atoms with E-state index >= 15 is 0 Å². The van der Waals surface area contributed by atoms with E-state index in [1.54, 1.807) is 0 Å². The Morgan fingerprint density at radius 2 is 0.469 bits per heavy atom. The van der Waals surface area contributed by atoms with Gasteiger partial charge in [-0.15, -0.1) is 0 Å². The van der Waals surface area contributed by atoms with Gasteiger partial charge in [-0.05, 0) is 0 Å². The minimum atomic E-state index is -6.72. The molecule has 0 heterocycles. The number of nitrogens with zero attached hydrogens (tertiary/aromatic N) is 2. The van der Waals surface area contributed by atoms with E-state index < -0.39 is 62.1 Å². The Hall–Kier alpha value is -0.641. The van der Waals surface area contributed by atoms with Gasteiger partial charge in [0.05, 0.1) is 0 Å². The minimum Gasteiger partial charge on any atom is -0.421 e. The second-order valence-corrected chi connectivity index (χ2v) is 10.7. The van der Waals surface area contributed by atoms with Gasteiger partial charge in [0, 0.05) is 17.1 Å². The van der Waals surface area contributed by atoms with Crippen molar-refractivity contribution in [1.29, 1.82) is 0 Å². The zero-order valence-corrected chi connectivity index (χ0v) is 17.3. The third-order valence-electron chi connectivity index (χ3n) is 1.56. The van der Waals surface area contributed by atoms with Crippen LogP contribution in [0.15, 0.2) is 0 Å². The molecule has 0 aromatic heterocycles. The van der Waals surface area contributed by atoms with Gasteiger partial charge >= 0.3 is 22.0 Å². The molecule has 32 heavy (non-hydrogen) atoms. The molecule has 28 heteroatoms. The van der Waals surface area contributed by atoms with Gasteiger partial charge in [-0.2, -0.15) is 52.7 Å². The van der Waals surface area contributed by atoms with Crippen LogP contribution in [-0.2, 0) is 57.2 Å². The Balaban J connectivity index is -0.000000231. The van der Waals surface area contributed by atoms with Gasteiger partial charge in [-0.1, -0.05) is 0 Å². The first kappa shape index (κ1) is 38.6. The molecule has 0 bridgehead atoms. The van der Waals surface area contributed by atoms with E-state index in [0.717, 1.165) is 8.25 Å². The van der Waals surface area contributed by atoms with Gasteiger partial charge in [0.2, 0.25) is 0 Å². The first-order chi connectivity index (χ1) is 12.4. The smallest absolute Gasteiger partial charge is 0.421 e. The van der Waals surface area contributed by atoms with E-state index in [1.807, 2.05) is 0 Å². The van der Waals surface area contributed by atoms with Gasteiger partial charge in [-0.25, -0.2) is 33.7 Å². The summed E-state index contributed by atoms with van der Waals surface area (Å²) in [7, 11) is -26.9. The maximum Gasteiger partial charge on any atom is 0.480 e. The van der Waals surface area contributed by atoms with Gasteiger partial charge in [0.25, 0.3) is 0 Å². The molecule has 0 saturated heterocycles. The van der Waals surface area contributed by atoms with Crippen LogP contribution >= 0.6 is 0 Å². The zero-order chi connectivity index (χ0) is 25.4. The van der Waals surface area contributed by atoms with E-state index in [4.69, 9.17) is 0 Å². The molecule has 0 aliphatic rings. The molecule has 0 atom stereocenters. The zero-order valence-electron chi connectivity index (χ0n) is 13.1. The second-order valence-electron chi connectivity index (χ2n) is 3.83. The molecule has 0 saturated carbocycles. The molecule has 0 aliphatic heterocycles. The molecule has 0 amide bonds. The fraction of sp³-hybridized carbons (Fsp3) is 1.00. The predicted octanol–water partition coefficient (Wildman–Crippen LogP) is 1.29. The fourth-order valence-corrected chi connectivity index (χ4v) is 3.85. The Morgan fingerprint density at radius 1 is 0.375 bits per heavy atom. The number of rotatable bonds is 4. The number of hydrogen-bond donors (Lipinski definition) is 0.